The van der Waals surface area contributed by atoms with Crippen LogP contribution in [0.15, 0.2) is 24.3 Å². The maximum atomic E-state index is 13.1. The molecule has 6 heteroatoms. The lowest BCUT2D eigenvalue weighted by Gasteiger charge is -2.35. The Kier molecular flexibility index (Phi) is 3.98. The molecule has 0 radical (unpaired) electrons. The Balaban J connectivity index is 1.50. The van der Waals surface area contributed by atoms with Crippen LogP contribution in [0.4, 0.5) is 0 Å². The van der Waals surface area contributed by atoms with Crippen molar-refractivity contribution in [3.63, 3.8) is 0 Å². The van der Waals surface area contributed by atoms with Crippen molar-refractivity contribution in [2.24, 2.45) is 0 Å². The average Bonchev–Trinajstić information content (AvgIpc) is 3.14. The lowest BCUT2D eigenvalue weighted by Crippen LogP contribution is -2.47. The summed E-state index contributed by atoms with van der Waals surface area (Å²) in [6, 6.07) is 8.13. The van der Waals surface area contributed by atoms with Crippen molar-refractivity contribution in [2.45, 2.75) is 51.7 Å². The first-order valence-corrected chi connectivity index (χ1v) is 8.98. The van der Waals surface area contributed by atoms with Gasteiger partial charge >= 0.3 is 0 Å². The number of hydrogen-bond acceptors (Lipinski definition) is 4. The highest BCUT2D eigenvalue weighted by Crippen LogP contribution is 2.38. The molecule has 2 aliphatic rings. The van der Waals surface area contributed by atoms with Gasteiger partial charge in [0.05, 0.1) is 6.04 Å². The fourth-order valence-corrected chi connectivity index (χ4v) is 4.05. The maximum absolute atomic E-state index is 13.1. The van der Waals surface area contributed by atoms with Crippen LogP contribution in [0.5, 0.6) is 5.75 Å². The van der Waals surface area contributed by atoms with E-state index in [4.69, 9.17) is 4.74 Å². The molecule has 0 bridgehead atoms. The first-order chi connectivity index (χ1) is 12.0. The van der Waals surface area contributed by atoms with E-state index < -0.39 is 6.10 Å². The number of fused-ring (bicyclic) bond motifs is 1. The van der Waals surface area contributed by atoms with E-state index in [1.165, 1.54) is 0 Å². The fraction of sp³-hybridized carbons (Fsp3) is 0.526. The third-order valence-electron chi connectivity index (χ3n) is 5.32. The Morgan fingerprint density at radius 1 is 1.28 bits per heavy atom. The summed E-state index contributed by atoms with van der Waals surface area (Å²) < 4.78 is 7.95. The number of nitrogens with zero attached hydrogens (tertiary/aromatic N) is 4. The summed E-state index contributed by atoms with van der Waals surface area (Å²) >= 11 is 0. The summed E-state index contributed by atoms with van der Waals surface area (Å²) in [5.74, 6) is 2.70. The van der Waals surface area contributed by atoms with Crippen molar-refractivity contribution in [1.29, 1.82) is 0 Å². The van der Waals surface area contributed by atoms with Gasteiger partial charge in [-0.1, -0.05) is 25.1 Å². The van der Waals surface area contributed by atoms with Crippen LogP contribution in [-0.2, 0) is 4.79 Å². The number of carbonyl (C=O) groups excluding carboxylic acids is 1. The average molecular weight is 340 g/mol. The molecule has 1 amide bonds. The third kappa shape index (κ3) is 2.79. The number of rotatable bonds is 2. The Morgan fingerprint density at radius 2 is 2.08 bits per heavy atom. The minimum absolute atomic E-state index is 0.0828. The first kappa shape index (κ1) is 16.1. The normalized spacial score (nSPS) is 25.6. The third-order valence-corrected chi connectivity index (χ3v) is 5.32. The highest BCUT2D eigenvalue weighted by molar-refractivity contribution is 5.83. The van der Waals surface area contributed by atoms with Gasteiger partial charge in [0.25, 0.3) is 5.91 Å². The van der Waals surface area contributed by atoms with E-state index >= 15 is 0 Å². The standard InChI is InChI=1S/C19H24N4O2/c1-12-16-8-4-5-9-17(16)25-18(12)19(24)22-10-6-7-15(11-22)23-14(3)20-13(2)21-23/h4-5,8-9,12,15,18H,6-7,10-11H2,1-3H3/t12-,15-,18+/m1/s1. The van der Waals surface area contributed by atoms with E-state index in [0.29, 0.717) is 6.54 Å². The fourth-order valence-electron chi connectivity index (χ4n) is 4.05. The van der Waals surface area contributed by atoms with Gasteiger partial charge in [0.15, 0.2) is 6.10 Å². The molecule has 1 saturated heterocycles. The predicted molar refractivity (Wildman–Crippen MR) is 93.6 cm³/mol. The number of piperidine rings is 1. The summed E-state index contributed by atoms with van der Waals surface area (Å²) in [7, 11) is 0. The molecule has 4 rings (SSSR count). The zero-order valence-electron chi connectivity index (χ0n) is 15.0. The number of carbonyl (C=O) groups is 1. The summed E-state index contributed by atoms with van der Waals surface area (Å²) in [4.78, 5) is 19.4. The number of amides is 1. The van der Waals surface area contributed by atoms with Gasteiger partial charge in [-0.15, -0.1) is 0 Å². The molecule has 0 saturated carbocycles. The second kappa shape index (κ2) is 6.17. The van der Waals surface area contributed by atoms with Gasteiger partial charge in [0.1, 0.15) is 17.4 Å². The number of aromatic nitrogens is 3. The number of ether oxygens (including phenoxy) is 1. The SMILES string of the molecule is Cc1nc(C)n([C@@H]2CCCN(C(=O)[C@H]3Oc4ccccc4[C@H]3C)C2)n1. The second-order valence-electron chi connectivity index (χ2n) is 7.10. The van der Waals surface area contributed by atoms with E-state index in [-0.39, 0.29) is 17.9 Å². The van der Waals surface area contributed by atoms with Crippen LogP contribution in [-0.4, -0.2) is 44.8 Å². The molecule has 132 valence electrons. The van der Waals surface area contributed by atoms with Crippen LogP contribution >= 0.6 is 0 Å². The molecule has 3 atom stereocenters. The molecule has 6 nitrogen and oxygen atoms in total. The second-order valence-corrected chi connectivity index (χ2v) is 7.10. The Bertz CT molecular complexity index is 800. The molecule has 1 fully saturated rings. The molecule has 0 spiro atoms. The van der Waals surface area contributed by atoms with Crippen molar-refractivity contribution in [1.82, 2.24) is 19.7 Å². The van der Waals surface area contributed by atoms with Crippen LogP contribution in [0.2, 0.25) is 0 Å². The lowest BCUT2D eigenvalue weighted by molar-refractivity contribution is -0.140. The first-order valence-electron chi connectivity index (χ1n) is 8.98. The Labute approximate surface area is 147 Å². The molecule has 0 unspecified atom stereocenters. The van der Waals surface area contributed by atoms with Crippen molar-refractivity contribution in [2.75, 3.05) is 13.1 Å². The van der Waals surface area contributed by atoms with Gasteiger partial charge in [0, 0.05) is 24.6 Å². The summed E-state index contributed by atoms with van der Waals surface area (Å²) in [5, 5.41) is 4.51. The molecular formula is C19H24N4O2. The number of hydrogen-bond donors (Lipinski definition) is 0. The minimum atomic E-state index is -0.422. The van der Waals surface area contributed by atoms with E-state index in [9.17, 15) is 4.79 Å². The van der Waals surface area contributed by atoms with Crippen molar-refractivity contribution in [3.05, 3.63) is 41.5 Å². The molecule has 1 aromatic heterocycles. The molecule has 2 aliphatic heterocycles. The molecule has 0 aliphatic carbocycles. The van der Waals surface area contributed by atoms with E-state index in [1.807, 2.05) is 47.7 Å². The number of para-hydroxylation sites is 1. The van der Waals surface area contributed by atoms with Crippen molar-refractivity contribution >= 4 is 5.91 Å². The van der Waals surface area contributed by atoms with Crippen molar-refractivity contribution in [3.8, 4) is 5.75 Å². The zero-order chi connectivity index (χ0) is 17.6. The number of aryl methyl sites for hydroxylation is 2. The topological polar surface area (TPSA) is 60.2 Å². The largest absolute Gasteiger partial charge is 0.480 e. The van der Waals surface area contributed by atoms with Crippen LogP contribution in [0.25, 0.3) is 0 Å². The minimum Gasteiger partial charge on any atom is -0.480 e. The molecule has 1 aromatic carbocycles. The van der Waals surface area contributed by atoms with Gasteiger partial charge in [-0.25, -0.2) is 9.67 Å². The van der Waals surface area contributed by atoms with Gasteiger partial charge in [-0.2, -0.15) is 5.10 Å². The zero-order valence-corrected chi connectivity index (χ0v) is 15.0. The summed E-state index contributed by atoms with van der Waals surface area (Å²) in [6.07, 6.45) is 1.58. The summed E-state index contributed by atoms with van der Waals surface area (Å²) in [5.41, 5.74) is 1.12. The molecule has 2 aromatic rings. The number of benzene rings is 1. The summed E-state index contributed by atoms with van der Waals surface area (Å²) in [6.45, 7) is 7.40. The van der Waals surface area contributed by atoms with E-state index in [2.05, 4.69) is 17.0 Å². The van der Waals surface area contributed by atoms with Crippen LogP contribution in [0, 0.1) is 13.8 Å². The highest BCUT2D eigenvalue weighted by atomic mass is 16.5. The Morgan fingerprint density at radius 3 is 2.80 bits per heavy atom. The smallest absolute Gasteiger partial charge is 0.264 e. The molecule has 25 heavy (non-hydrogen) atoms. The van der Waals surface area contributed by atoms with Crippen molar-refractivity contribution < 1.29 is 9.53 Å². The number of likely N-dealkylation sites (tertiary alicyclic amines) is 1. The monoisotopic (exact) mass is 340 g/mol. The maximum Gasteiger partial charge on any atom is 0.264 e. The highest BCUT2D eigenvalue weighted by Gasteiger charge is 2.40. The van der Waals surface area contributed by atoms with Gasteiger partial charge in [-0.05, 0) is 32.8 Å². The molecular weight excluding hydrogens is 316 g/mol. The van der Waals surface area contributed by atoms with E-state index in [0.717, 1.165) is 42.3 Å². The Hall–Kier alpha value is -2.37. The van der Waals surface area contributed by atoms with Gasteiger partial charge in [0.2, 0.25) is 0 Å². The molecule has 0 N–H and O–H groups in total. The van der Waals surface area contributed by atoms with Gasteiger partial charge < -0.3 is 9.64 Å². The van der Waals surface area contributed by atoms with Crippen LogP contribution in [0.3, 0.4) is 0 Å². The van der Waals surface area contributed by atoms with E-state index in [1.54, 1.807) is 0 Å². The van der Waals surface area contributed by atoms with Gasteiger partial charge in [-0.3, -0.25) is 4.79 Å². The van der Waals surface area contributed by atoms with Crippen LogP contribution < -0.4 is 4.74 Å². The predicted octanol–water partition coefficient (Wildman–Crippen LogP) is 2.62. The van der Waals surface area contributed by atoms with Crippen LogP contribution in [0.1, 0.15) is 48.9 Å². The molecule has 3 heterocycles. The lowest BCUT2D eigenvalue weighted by atomic mass is 9.96. The quantitative estimate of drug-likeness (QED) is 0.843.